The van der Waals surface area contributed by atoms with E-state index in [1.807, 2.05) is 18.2 Å². The number of amides is 1. The van der Waals surface area contributed by atoms with Crippen molar-refractivity contribution in [3.8, 4) is 0 Å². The van der Waals surface area contributed by atoms with Crippen molar-refractivity contribution < 1.29 is 13.2 Å². The summed E-state index contributed by atoms with van der Waals surface area (Å²) in [6.45, 7) is 1.29. The molecular weight excluding hydrogens is 312 g/mol. The van der Waals surface area contributed by atoms with E-state index in [0.29, 0.717) is 19.0 Å². The number of hydrogen-bond donors (Lipinski definition) is 0. The summed E-state index contributed by atoms with van der Waals surface area (Å²) < 4.78 is 23.2. The zero-order chi connectivity index (χ0) is 16.4. The summed E-state index contributed by atoms with van der Waals surface area (Å²) in [7, 11) is -1.22. The van der Waals surface area contributed by atoms with Gasteiger partial charge in [0.25, 0.3) is 0 Å². The van der Waals surface area contributed by atoms with Crippen LogP contribution in [0.25, 0.3) is 0 Å². The Hall–Kier alpha value is -1.40. The zero-order valence-corrected chi connectivity index (χ0v) is 14.3. The Bertz CT molecular complexity index is 660. The molecule has 0 unspecified atom stereocenters. The lowest BCUT2D eigenvalue weighted by Crippen LogP contribution is -2.43. The predicted octanol–water partition coefficient (Wildman–Crippen LogP) is 1.47. The topological polar surface area (TPSA) is 57.7 Å². The third-order valence-electron chi connectivity index (χ3n) is 5.04. The summed E-state index contributed by atoms with van der Waals surface area (Å²) in [4.78, 5) is 16.4. The Morgan fingerprint density at radius 1 is 1.26 bits per heavy atom. The van der Waals surface area contributed by atoms with E-state index in [0.717, 1.165) is 19.4 Å². The van der Waals surface area contributed by atoms with E-state index >= 15 is 0 Å². The highest BCUT2D eigenvalue weighted by Gasteiger charge is 2.34. The normalized spacial score (nSPS) is 27.2. The van der Waals surface area contributed by atoms with E-state index in [9.17, 15) is 13.2 Å². The van der Waals surface area contributed by atoms with Crippen molar-refractivity contribution in [2.75, 3.05) is 31.6 Å². The number of likely N-dealkylation sites (tertiary alicyclic amines) is 1. The van der Waals surface area contributed by atoms with Gasteiger partial charge in [0.15, 0.2) is 9.84 Å². The molecule has 0 radical (unpaired) electrons. The van der Waals surface area contributed by atoms with E-state index in [1.54, 1.807) is 11.9 Å². The Morgan fingerprint density at radius 2 is 2.00 bits per heavy atom. The van der Waals surface area contributed by atoms with Gasteiger partial charge in [-0.1, -0.05) is 30.3 Å². The minimum absolute atomic E-state index is 0.0231. The maximum absolute atomic E-state index is 12.6. The smallest absolute Gasteiger partial charge is 0.236 e. The standard InChI is InChI=1S/C17H24N2O3S/c1-18(15-9-11-23(21,22)13-15)17(20)12-19-10-5-8-16(19)14-6-3-2-4-7-14/h2-4,6-7,15-16H,5,8-13H2,1H3/t15-,16-/m0/s1. The summed E-state index contributed by atoms with van der Waals surface area (Å²) in [5, 5.41) is 0. The second kappa shape index (κ2) is 6.61. The van der Waals surface area contributed by atoms with Gasteiger partial charge in [0.05, 0.1) is 18.1 Å². The third-order valence-corrected chi connectivity index (χ3v) is 6.79. The highest BCUT2D eigenvalue weighted by atomic mass is 32.2. The monoisotopic (exact) mass is 336 g/mol. The Balaban J connectivity index is 1.63. The molecule has 1 aromatic rings. The molecule has 1 aromatic carbocycles. The van der Waals surface area contributed by atoms with Crippen molar-refractivity contribution in [2.24, 2.45) is 0 Å². The Morgan fingerprint density at radius 3 is 2.65 bits per heavy atom. The molecule has 0 saturated carbocycles. The lowest BCUT2D eigenvalue weighted by Gasteiger charge is -2.29. The van der Waals surface area contributed by atoms with Gasteiger partial charge < -0.3 is 4.90 Å². The van der Waals surface area contributed by atoms with Crippen LogP contribution in [0.2, 0.25) is 0 Å². The Labute approximate surface area is 138 Å². The van der Waals surface area contributed by atoms with Crippen molar-refractivity contribution in [1.82, 2.24) is 9.80 Å². The van der Waals surface area contributed by atoms with Gasteiger partial charge in [-0.05, 0) is 31.4 Å². The number of benzene rings is 1. The molecule has 0 bridgehead atoms. The molecule has 2 aliphatic rings. The highest BCUT2D eigenvalue weighted by molar-refractivity contribution is 7.91. The van der Waals surface area contributed by atoms with E-state index in [4.69, 9.17) is 0 Å². The number of hydrogen-bond acceptors (Lipinski definition) is 4. The highest BCUT2D eigenvalue weighted by Crippen LogP contribution is 2.31. The van der Waals surface area contributed by atoms with Crippen LogP contribution in [-0.4, -0.2) is 61.8 Å². The van der Waals surface area contributed by atoms with Crippen LogP contribution >= 0.6 is 0 Å². The van der Waals surface area contributed by atoms with Crippen LogP contribution in [0.1, 0.15) is 30.9 Å². The lowest BCUT2D eigenvalue weighted by atomic mass is 10.0. The number of likely N-dealkylation sites (N-methyl/N-ethyl adjacent to an activating group) is 1. The van der Waals surface area contributed by atoms with Gasteiger partial charge in [0, 0.05) is 19.1 Å². The number of rotatable bonds is 4. The second-order valence-corrected chi connectivity index (χ2v) is 8.83. The van der Waals surface area contributed by atoms with Gasteiger partial charge in [-0.3, -0.25) is 9.69 Å². The molecule has 1 amide bonds. The first kappa shape index (κ1) is 16.5. The summed E-state index contributed by atoms with van der Waals surface area (Å²) in [6.07, 6.45) is 2.72. The SMILES string of the molecule is CN(C(=O)CN1CCC[C@H]1c1ccccc1)[C@H]1CCS(=O)(=O)C1. The van der Waals surface area contributed by atoms with Crippen LogP contribution in [0.5, 0.6) is 0 Å². The zero-order valence-electron chi connectivity index (χ0n) is 13.5. The number of carbonyl (C=O) groups is 1. The van der Waals surface area contributed by atoms with Gasteiger partial charge >= 0.3 is 0 Å². The fourth-order valence-corrected chi connectivity index (χ4v) is 5.41. The molecule has 126 valence electrons. The molecule has 23 heavy (non-hydrogen) atoms. The van der Waals surface area contributed by atoms with Crippen molar-refractivity contribution in [1.29, 1.82) is 0 Å². The van der Waals surface area contributed by atoms with E-state index in [1.165, 1.54) is 5.56 Å². The molecule has 2 atom stereocenters. The molecule has 0 N–H and O–H groups in total. The van der Waals surface area contributed by atoms with Crippen LogP contribution < -0.4 is 0 Å². The summed E-state index contributed by atoms with van der Waals surface area (Å²) >= 11 is 0. The number of nitrogens with zero attached hydrogens (tertiary/aromatic N) is 2. The Kier molecular flexibility index (Phi) is 4.73. The minimum Gasteiger partial charge on any atom is -0.341 e. The van der Waals surface area contributed by atoms with Crippen LogP contribution in [-0.2, 0) is 14.6 Å². The van der Waals surface area contributed by atoms with Gasteiger partial charge in [0.1, 0.15) is 0 Å². The summed E-state index contributed by atoms with van der Waals surface area (Å²) in [5.41, 5.74) is 1.25. The first-order chi connectivity index (χ1) is 11.0. The van der Waals surface area contributed by atoms with E-state index in [2.05, 4.69) is 17.0 Å². The average molecular weight is 336 g/mol. The first-order valence-electron chi connectivity index (χ1n) is 8.21. The number of carbonyl (C=O) groups excluding carboxylic acids is 1. The van der Waals surface area contributed by atoms with E-state index in [-0.39, 0.29) is 23.5 Å². The minimum atomic E-state index is -2.96. The van der Waals surface area contributed by atoms with Crippen LogP contribution in [0.3, 0.4) is 0 Å². The lowest BCUT2D eigenvalue weighted by molar-refractivity contribution is -0.133. The van der Waals surface area contributed by atoms with Crippen molar-refractivity contribution in [3.63, 3.8) is 0 Å². The predicted molar refractivity (Wildman–Crippen MR) is 89.8 cm³/mol. The quantitative estimate of drug-likeness (QED) is 0.835. The van der Waals surface area contributed by atoms with Crippen molar-refractivity contribution in [3.05, 3.63) is 35.9 Å². The average Bonchev–Trinajstić information content (AvgIpc) is 3.13. The van der Waals surface area contributed by atoms with Crippen molar-refractivity contribution >= 4 is 15.7 Å². The molecule has 2 heterocycles. The van der Waals surface area contributed by atoms with Crippen LogP contribution in [0, 0.1) is 0 Å². The first-order valence-corrected chi connectivity index (χ1v) is 10.0. The van der Waals surface area contributed by atoms with Gasteiger partial charge in [-0.25, -0.2) is 8.42 Å². The number of sulfone groups is 1. The molecule has 2 saturated heterocycles. The largest absolute Gasteiger partial charge is 0.341 e. The molecule has 3 rings (SSSR count). The summed E-state index contributed by atoms with van der Waals surface area (Å²) in [5.74, 6) is 0.332. The molecule has 0 spiro atoms. The fourth-order valence-electron chi connectivity index (χ4n) is 3.64. The van der Waals surface area contributed by atoms with Crippen LogP contribution in [0.4, 0.5) is 0 Å². The third kappa shape index (κ3) is 3.75. The molecule has 2 fully saturated rings. The molecule has 0 aliphatic carbocycles. The maximum atomic E-state index is 12.6. The van der Waals surface area contributed by atoms with Crippen LogP contribution in [0.15, 0.2) is 30.3 Å². The van der Waals surface area contributed by atoms with Gasteiger partial charge in [-0.2, -0.15) is 0 Å². The van der Waals surface area contributed by atoms with Crippen molar-refractivity contribution in [2.45, 2.75) is 31.3 Å². The van der Waals surface area contributed by atoms with Gasteiger partial charge in [0.2, 0.25) is 5.91 Å². The summed E-state index contributed by atoms with van der Waals surface area (Å²) in [6, 6.07) is 10.4. The molecular formula is C17H24N2O3S. The van der Waals surface area contributed by atoms with E-state index < -0.39 is 9.84 Å². The molecule has 0 aromatic heterocycles. The fraction of sp³-hybridized carbons (Fsp3) is 0.588. The second-order valence-electron chi connectivity index (χ2n) is 6.60. The maximum Gasteiger partial charge on any atom is 0.236 e. The molecule has 5 nitrogen and oxygen atoms in total. The molecule has 6 heteroatoms. The van der Waals surface area contributed by atoms with Gasteiger partial charge in [-0.15, -0.1) is 0 Å². The molecule has 2 aliphatic heterocycles.